The molecule has 182 valence electrons. The Hall–Kier alpha value is -2.57. The Balaban J connectivity index is 1.67. The van der Waals surface area contributed by atoms with E-state index in [1.807, 2.05) is 24.3 Å². The van der Waals surface area contributed by atoms with Crippen molar-refractivity contribution in [2.75, 3.05) is 50.8 Å². The van der Waals surface area contributed by atoms with Gasteiger partial charge >= 0.3 is 0 Å². The lowest BCUT2D eigenvalue weighted by atomic mass is 9.95. The van der Waals surface area contributed by atoms with Gasteiger partial charge in [0.15, 0.2) is 4.75 Å². The normalized spacial score (nSPS) is 19.2. The smallest absolute Gasteiger partial charge is 0.266 e. The van der Waals surface area contributed by atoms with Crippen LogP contribution in [0.2, 0.25) is 0 Å². The van der Waals surface area contributed by atoms with Gasteiger partial charge in [-0.3, -0.25) is 15.4 Å². The van der Waals surface area contributed by atoms with E-state index in [-0.39, 0.29) is 39.0 Å². The lowest BCUT2D eigenvalue weighted by Crippen LogP contribution is -2.64. The lowest BCUT2D eigenvalue weighted by Gasteiger charge is -2.43. The molecule has 0 saturated carbocycles. The number of carbonyl (C=O) groups excluding carboxylic acids is 1. The molecule has 2 aliphatic heterocycles. The van der Waals surface area contributed by atoms with Crippen LogP contribution in [0.5, 0.6) is 5.75 Å². The average molecular weight is 481 g/mol. The molecule has 0 spiro atoms. The number of nitrogens with one attached hydrogen (secondary N) is 2. The maximum atomic E-state index is 13.5. The van der Waals surface area contributed by atoms with E-state index in [0.717, 1.165) is 24.3 Å². The van der Waals surface area contributed by atoms with Gasteiger partial charge < -0.3 is 14.5 Å². The molecular weight excluding hydrogens is 448 g/mol. The van der Waals surface area contributed by atoms with Gasteiger partial charge in [0, 0.05) is 45.0 Å². The molecule has 2 fully saturated rings. The summed E-state index contributed by atoms with van der Waals surface area (Å²) in [6, 6.07) is 7.71. The van der Waals surface area contributed by atoms with Crippen molar-refractivity contribution in [1.82, 2.24) is 20.4 Å². The Morgan fingerprint density at radius 1 is 1.15 bits per heavy atom. The lowest BCUT2D eigenvalue weighted by molar-refractivity contribution is -0.133. The molecule has 1 amide bonds. The molecule has 11 nitrogen and oxygen atoms in total. The number of guanidine groups is 1. The minimum absolute atomic E-state index is 0.0224. The van der Waals surface area contributed by atoms with Crippen molar-refractivity contribution >= 4 is 27.6 Å². The molecule has 3 rings (SSSR count). The number of piperazine rings is 1. The summed E-state index contributed by atoms with van der Waals surface area (Å²) in [6.07, 6.45) is 1.79. The topological polar surface area (TPSA) is 149 Å². The number of hydrogen-bond acceptors (Lipinski definition) is 7. The third kappa shape index (κ3) is 5.17. The summed E-state index contributed by atoms with van der Waals surface area (Å²) in [7, 11) is -4.10. The van der Waals surface area contributed by atoms with Crippen molar-refractivity contribution in [2.24, 2.45) is 0 Å². The van der Waals surface area contributed by atoms with Crippen LogP contribution in [0, 0.1) is 5.41 Å². The fourth-order valence-electron chi connectivity index (χ4n) is 4.31. The van der Waals surface area contributed by atoms with E-state index in [0.29, 0.717) is 19.7 Å². The fraction of sp³-hybridized carbons (Fsp3) is 0.619. The number of sulfonamides is 1. The van der Waals surface area contributed by atoms with E-state index >= 15 is 0 Å². The first-order chi connectivity index (χ1) is 15.7. The summed E-state index contributed by atoms with van der Waals surface area (Å²) in [6.45, 7) is 4.15. The van der Waals surface area contributed by atoms with Gasteiger partial charge in [-0.1, -0.05) is 13.3 Å². The summed E-state index contributed by atoms with van der Waals surface area (Å²) in [5.74, 6) is -0.846. The van der Waals surface area contributed by atoms with E-state index < -0.39 is 26.6 Å². The number of likely N-dealkylation sites (tertiary alicyclic amines) is 1. The molecule has 2 radical (unpaired) electrons. The number of anilines is 1. The Bertz CT molecular complexity index is 923. The maximum Gasteiger partial charge on any atom is 0.266 e. The van der Waals surface area contributed by atoms with E-state index in [9.17, 15) is 24.2 Å². The third-order valence-corrected chi connectivity index (χ3v) is 9.05. The van der Waals surface area contributed by atoms with Crippen LogP contribution < -0.4 is 20.9 Å². The number of hydrogen-bond donors (Lipinski definition) is 3. The van der Waals surface area contributed by atoms with E-state index in [1.54, 1.807) is 0 Å². The molecular formula is C21H32N6O5S. The number of amides is 1. The fourth-order valence-corrected chi connectivity index (χ4v) is 6.42. The Morgan fingerprint density at radius 3 is 2.27 bits per heavy atom. The Kier molecular flexibility index (Phi) is 8.03. The van der Waals surface area contributed by atoms with Crippen LogP contribution in [0.1, 0.15) is 32.6 Å². The average Bonchev–Trinajstić information content (AvgIpc) is 2.84. The van der Waals surface area contributed by atoms with Gasteiger partial charge in [-0.2, -0.15) is 4.31 Å². The van der Waals surface area contributed by atoms with Gasteiger partial charge in [0.25, 0.3) is 5.91 Å². The molecule has 0 atom stereocenters. The largest absolute Gasteiger partial charge is 0.494 e. The van der Waals surface area contributed by atoms with Crippen LogP contribution in [0.4, 0.5) is 5.69 Å². The van der Waals surface area contributed by atoms with Crippen molar-refractivity contribution in [1.29, 1.82) is 5.41 Å². The predicted molar refractivity (Wildman–Crippen MR) is 123 cm³/mol. The molecule has 2 aliphatic rings. The van der Waals surface area contributed by atoms with Gasteiger partial charge in [0.2, 0.25) is 16.0 Å². The van der Waals surface area contributed by atoms with Crippen molar-refractivity contribution in [2.45, 2.75) is 37.4 Å². The molecule has 0 bridgehead atoms. The maximum absolute atomic E-state index is 13.5. The van der Waals surface area contributed by atoms with Gasteiger partial charge in [-0.05, 0) is 43.5 Å². The monoisotopic (exact) mass is 480 g/mol. The molecule has 2 saturated heterocycles. The van der Waals surface area contributed by atoms with Crippen molar-refractivity contribution in [3.63, 3.8) is 0 Å². The first kappa shape index (κ1) is 25.1. The van der Waals surface area contributed by atoms with E-state index in [2.05, 4.69) is 11.8 Å². The molecule has 1 aromatic carbocycles. The van der Waals surface area contributed by atoms with E-state index in [4.69, 9.17) is 10.1 Å². The zero-order valence-electron chi connectivity index (χ0n) is 18.9. The van der Waals surface area contributed by atoms with Crippen LogP contribution in [0.15, 0.2) is 24.3 Å². The van der Waals surface area contributed by atoms with Crippen LogP contribution in [-0.2, 0) is 14.8 Å². The Morgan fingerprint density at radius 2 is 1.76 bits per heavy atom. The summed E-state index contributed by atoms with van der Waals surface area (Å²) in [4.78, 5) is 15.9. The molecule has 2 heterocycles. The van der Waals surface area contributed by atoms with Gasteiger partial charge in [0.1, 0.15) is 5.75 Å². The number of piperidine rings is 1. The molecule has 12 heteroatoms. The third-order valence-electron chi connectivity index (χ3n) is 6.43. The zero-order valence-corrected chi connectivity index (χ0v) is 19.7. The van der Waals surface area contributed by atoms with Crippen molar-refractivity contribution in [3.05, 3.63) is 24.3 Å². The summed E-state index contributed by atoms with van der Waals surface area (Å²) in [5.41, 5.74) is 11.9. The minimum atomic E-state index is -4.10. The molecule has 1 aromatic rings. The quantitative estimate of drug-likeness (QED) is 0.163. The van der Waals surface area contributed by atoms with Crippen LogP contribution >= 0.6 is 0 Å². The molecule has 0 aromatic heterocycles. The van der Waals surface area contributed by atoms with Crippen LogP contribution in [0.3, 0.4) is 0 Å². The SMILES string of the molecule is CCCCOc1ccc(N2CCN(S(=O)(=O)C3(C(=O)NO)CCN(C([N])=N)CC3)CC2)cc1. The number of nitrogens with zero attached hydrogens (tertiary/aromatic N) is 4. The first-order valence-corrected chi connectivity index (χ1v) is 12.6. The number of carbonyl (C=O) groups is 1. The highest BCUT2D eigenvalue weighted by atomic mass is 32.2. The highest BCUT2D eigenvalue weighted by Gasteiger charge is 2.55. The standard InChI is InChI=1S/C21H32N6O5S/c1-2-3-16-32-18-6-4-17(5-7-18)25-12-14-27(15-13-25)33(30,31)21(19(28)24-29)8-10-26(11-9-21)20(22)23/h4-7,22,29H,2-3,8-16H2,1H3,(H,24,28). The molecule has 3 N–H and O–H groups in total. The van der Waals surface area contributed by atoms with Crippen molar-refractivity contribution in [3.8, 4) is 5.75 Å². The minimum Gasteiger partial charge on any atom is -0.494 e. The van der Waals surface area contributed by atoms with Gasteiger partial charge in [0.05, 0.1) is 6.61 Å². The highest BCUT2D eigenvalue weighted by Crippen LogP contribution is 2.34. The van der Waals surface area contributed by atoms with Gasteiger partial charge in [-0.15, -0.1) is 5.73 Å². The number of hydroxylamine groups is 1. The molecule has 33 heavy (non-hydrogen) atoms. The van der Waals surface area contributed by atoms with E-state index in [1.165, 1.54) is 14.7 Å². The van der Waals surface area contributed by atoms with Crippen LogP contribution in [0.25, 0.3) is 0 Å². The predicted octanol–water partition coefficient (Wildman–Crippen LogP) is 0.661. The molecule has 0 aliphatic carbocycles. The zero-order chi connectivity index (χ0) is 24.1. The van der Waals surface area contributed by atoms with Crippen molar-refractivity contribution < 1.29 is 23.2 Å². The Labute approximate surface area is 195 Å². The van der Waals surface area contributed by atoms with Gasteiger partial charge in [-0.25, -0.2) is 13.9 Å². The number of unbranched alkanes of at least 4 members (excludes halogenated alkanes) is 1. The summed E-state index contributed by atoms with van der Waals surface area (Å²) < 4.78 is 32.2. The molecule has 0 unspecified atom stereocenters. The first-order valence-electron chi connectivity index (χ1n) is 11.2. The number of rotatable bonds is 8. The summed E-state index contributed by atoms with van der Waals surface area (Å²) in [5, 5.41) is 16.6. The second-order valence-electron chi connectivity index (χ2n) is 8.33. The summed E-state index contributed by atoms with van der Waals surface area (Å²) >= 11 is 0. The number of ether oxygens (including phenoxy) is 1. The highest BCUT2D eigenvalue weighted by molar-refractivity contribution is 7.91. The van der Waals surface area contributed by atoms with Crippen LogP contribution in [-0.4, -0.2) is 85.3 Å². The number of benzene rings is 1. The second-order valence-corrected chi connectivity index (χ2v) is 10.6. The second kappa shape index (κ2) is 10.6.